The molecule has 0 spiro atoms. The smallest absolute Gasteiger partial charge is 0.244 e. The Kier molecular flexibility index (Phi) is 5.77. The molecule has 1 aliphatic heterocycles. The van der Waals surface area contributed by atoms with Gasteiger partial charge in [0.05, 0.1) is 22.0 Å². The van der Waals surface area contributed by atoms with Gasteiger partial charge >= 0.3 is 0 Å². The average molecular weight is 468 g/mol. The Bertz CT molecular complexity index is 1190. The van der Waals surface area contributed by atoms with E-state index in [4.69, 9.17) is 0 Å². The zero-order valence-corrected chi connectivity index (χ0v) is 19.8. The molecule has 1 aliphatic carbocycles. The highest BCUT2D eigenvalue weighted by Crippen LogP contribution is 2.38. The molecule has 0 radical (unpaired) electrons. The van der Waals surface area contributed by atoms with Crippen molar-refractivity contribution < 1.29 is 9.59 Å². The lowest BCUT2D eigenvalue weighted by Gasteiger charge is -2.28. The number of nitrogens with zero attached hydrogens (tertiary/aromatic N) is 4. The summed E-state index contributed by atoms with van der Waals surface area (Å²) >= 11 is 3.17. The fourth-order valence-electron chi connectivity index (χ4n) is 4.37. The molecule has 0 fully saturated rings. The standard InChI is InChI=1S/C23H25N5O2S2/c1-3-14-8-9-18-15(10-14)11-19(32-18)22-25-26-23(27(22)2)31-13-21(30)28-12-20(29)24-16-6-4-5-7-17(16)28/h4-7,11,14H,3,8-10,12-13H2,1-2H3,(H,24,29). The molecule has 0 saturated heterocycles. The van der Waals surface area contributed by atoms with E-state index in [2.05, 4.69) is 28.5 Å². The van der Waals surface area contributed by atoms with Crippen molar-refractivity contribution in [2.45, 2.75) is 37.8 Å². The molecule has 5 rings (SSSR count). The van der Waals surface area contributed by atoms with E-state index in [0.29, 0.717) is 10.8 Å². The summed E-state index contributed by atoms with van der Waals surface area (Å²) in [5.41, 5.74) is 2.85. The third kappa shape index (κ3) is 3.95. The number of benzene rings is 1. The van der Waals surface area contributed by atoms with E-state index in [9.17, 15) is 9.59 Å². The molecule has 2 aliphatic rings. The van der Waals surface area contributed by atoms with Crippen LogP contribution in [-0.2, 0) is 29.5 Å². The maximum absolute atomic E-state index is 12.9. The van der Waals surface area contributed by atoms with Gasteiger partial charge in [-0.1, -0.05) is 37.2 Å². The van der Waals surface area contributed by atoms with E-state index in [-0.39, 0.29) is 24.1 Å². The lowest BCUT2D eigenvalue weighted by atomic mass is 9.87. The van der Waals surface area contributed by atoms with Crippen molar-refractivity contribution in [2.24, 2.45) is 13.0 Å². The van der Waals surface area contributed by atoms with Crippen LogP contribution in [0.25, 0.3) is 10.7 Å². The first kappa shape index (κ1) is 21.2. The van der Waals surface area contributed by atoms with E-state index in [1.807, 2.05) is 41.2 Å². The molecule has 1 N–H and O–H groups in total. The molecule has 166 valence electrons. The third-order valence-corrected chi connectivity index (χ3v) is 8.45. The minimum absolute atomic E-state index is 0.0278. The van der Waals surface area contributed by atoms with Gasteiger partial charge in [0.1, 0.15) is 6.54 Å². The maximum atomic E-state index is 12.9. The van der Waals surface area contributed by atoms with Crippen LogP contribution in [0.1, 0.15) is 30.2 Å². The van der Waals surface area contributed by atoms with Gasteiger partial charge in [-0.05, 0) is 48.9 Å². The van der Waals surface area contributed by atoms with Crippen LogP contribution in [0.4, 0.5) is 11.4 Å². The summed E-state index contributed by atoms with van der Waals surface area (Å²) in [5, 5.41) is 12.3. The molecule has 3 aromatic rings. The van der Waals surface area contributed by atoms with Crippen LogP contribution in [0.15, 0.2) is 35.5 Å². The van der Waals surface area contributed by atoms with Crippen LogP contribution in [0.5, 0.6) is 0 Å². The number of aryl methyl sites for hydroxylation is 1. The molecule has 0 bridgehead atoms. The molecule has 9 heteroatoms. The lowest BCUT2D eigenvalue weighted by Crippen LogP contribution is -2.43. The molecular weight excluding hydrogens is 442 g/mol. The highest BCUT2D eigenvalue weighted by Gasteiger charge is 2.27. The second kappa shape index (κ2) is 8.71. The molecule has 2 amide bonds. The van der Waals surface area contributed by atoms with Crippen LogP contribution in [0.3, 0.4) is 0 Å². The lowest BCUT2D eigenvalue weighted by molar-refractivity contribution is -0.120. The largest absolute Gasteiger partial charge is 0.323 e. The number of hydrogen-bond donors (Lipinski definition) is 1. The van der Waals surface area contributed by atoms with Gasteiger partial charge in [0.15, 0.2) is 11.0 Å². The van der Waals surface area contributed by atoms with Gasteiger partial charge in [-0.3, -0.25) is 9.59 Å². The Morgan fingerprint density at radius 1 is 1.31 bits per heavy atom. The van der Waals surface area contributed by atoms with Gasteiger partial charge in [-0.2, -0.15) is 0 Å². The predicted molar refractivity (Wildman–Crippen MR) is 128 cm³/mol. The summed E-state index contributed by atoms with van der Waals surface area (Å²) in [4.78, 5) is 29.1. The minimum atomic E-state index is -0.185. The van der Waals surface area contributed by atoms with Crippen molar-refractivity contribution in [3.05, 3.63) is 40.8 Å². The Hall–Kier alpha value is -2.65. The fraction of sp³-hybridized carbons (Fsp3) is 0.391. The van der Waals surface area contributed by atoms with Gasteiger partial charge in [0.25, 0.3) is 0 Å². The summed E-state index contributed by atoms with van der Waals surface area (Å²) < 4.78 is 1.96. The van der Waals surface area contributed by atoms with Crippen molar-refractivity contribution in [1.82, 2.24) is 14.8 Å². The van der Waals surface area contributed by atoms with E-state index < -0.39 is 0 Å². The van der Waals surface area contributed by atoms with Crippen molar-refractivity contribution in [2.75, 3.05) is 22.5 Å². The number of para-hydroxylation sites is 2. The highest BCUT2D eigenvalue weighted by atomic mass is 32.2. The second-order valence-corrected chi connectivity index (χ2v) is 10.4. The van der Waals surface area contributed by atoms with Crippen LogP contribution < -0.4 is 10.2 Å². The molecule has 7 nitrogen and oxygen atoms in total. The molecular formula is C23H25N5O2S2. The quantitative estimate of drug-likeness (QED) is 0.571. The summed E-state index contributed by atoms with van der Waals surface area (Å²) in [7, 11) is 1.94. The van der Waals surface area contributed by atoms with Crippen LogP contribution in [0.2, 0.25) is 0 Å². The molecule has 1 atom stereocenters. The average Bonchev–Trinajstić information content (AvgIpc) is 3.39. The number of thiophene rings is 1. The molecule has 2 aromatic heterocycles. The topological polar surface area (TPSA) is 80.1 Å². The maximum Gasteiger partial charge on any atom is 0.244 e. The number of thioether (sulfide) groups is 1. The number of aromatic nitrogens is 3. The number of fused-ring (bicyclic) bond motifs is 2. The number of carbonyl (C=O) groups is 2. The first-order valence-electron chi connectivity index (χ1n) is 10.9. The van der Waals surface area contributed by atoms with Crippen LogP contribution in [-0.4, -0.2) is 38.9 Å². The number of nitrogens with one attached hydrogen (secondary N) is 1. The van der Waals surface area contributed by atoms with E-state index >= 15 is 0 Å². The Morgan fingerprint density at radius 2 is 2.16 bits per heavy atom. The van der Waals surface area contributed by atoms with Gasteiger partial charge in [0, 0.05) is 11.9 Å². The molecule has 1 unspecified atom stereocenters. The first-order chi connectivity index (χ1) is 15.5. The van der Waals surface area contributed by atoms with Crippen molar-refractivity contribution in [1.29, 1.82) is 0 Å². The predicted octanol–water partition coefficient (Wildman–Crippen LogP) is 4.14. The van der Waals surface area contributed by atoms with Gasteiger partial charge in [0.2, 0.25) is 11.8 Å². The molecule has 1 aromatic carbocycles. The first-order valence-corrected chi connectivity index (χ1v) is 12.7. The SMILES string of the molecule is CCC1CCc2sc(-c3nnc(SCC(=O)N4CC(=O)Nc5ccccc54)n3C)cc2C1. The Morgan fingerprint density at radius 3 is 3.00 bits per heavy atom. The van der Waals surface area contributed by atoms with Crippen molar-refractivity contribution in [3.63, 3.8) is 0 Å². The Balaban J connectivity index is 1.30. The highest BCUT2D eigenvalue weighted by molar-refractivity contribution is 7.99. The Labute approximate surface area is 195 Å². The normalized spacial score (nSPS) is 17.6. The summed E-state index contributed by atoms with van der Waals surface area (Å²) in [6, 6.07) is 9.63. The summed E-state index contributed by atoms with van der Waals surface area (Å²) in [6.45, 7) is 2.30. The van der Waals surface area contributed by atoms with Gasteiger partial charge < -0.3 is 14.8 Å². The van der Waals surface area contributed by atoms with Gasteiger partial charge in [-0.25, -0.2) is 0 Å². The summed E-state index contributed by atoms with van der Waals surface area (Å²) in [5.74, 6) is 1.50. The van der Waals surface area contributed by atoms with E-state index in [1.165, 1.54) is 39.9 Å². The van der Waals surface area contributed by atoms with Crippen molar-refractivity contribution >= 4 is 46.3 Å². The van der Waals surface area contributed by atoms with E-state index in [0.717, 1.165) is 35.1 Å². The number of amides is 2. The minimum Gasteiger partial charge on any atom is -0.323 e. The fourth-order valence-corrected chi connectivity index (χ4v) is 6.39. The monoisotopic (exact) mass is 467 g/mol. The summed E-state index contributed by atoms with van der Waals surface area (Å²) in [6.07, 6.45) is 4.80. The van der Waals surface area contributed by atoms with Gasteiger partial charge in [-0.15, -0.1) is 21.5 Å². The van der Waals surface area contributed by atoms with Crippen LogP contribution in [0, 0.1) is 5.92 Å². The zero-order chi connectivity index (χ0) is 22.2. The number of rotatable bonds is 5. The number of hydrogen-bond acceptors (Lipinski definition) is 6. The number of carbonyl (C=O) groups excluding carboxylic acids is 2. The van der Waals surface area contributed by atoms with Crippen molar-refractivity contribution in [3.8, 4) is 10.7 Å². The molecule has 0 saturated carbocycles. The third-order valence-electron chi connectivity index (χ3n) is 6.21. The van der Waals surface area contributed by atoms with Crippen LogP contribution >= 0.6 is 23.1 Å². The molecule has 32 heavy (non-hydrogen) atoms. The van der Waals surface area contributed by atoms with E-state index in [1.54, 1.807) is 6.07 Å². The molecule has 3 heterocycles. The number of anilines is 2. The second-order valence-electron chi connectivity index (χ2n) is 8.28. The zero-order valence-electron chi connectivity index (χ0n) is 18.1.